The summed E-state index contributed by atoms with van der Waals surface area (Å²) in [6.07, 6.45) is 0.811. The normalized spacial score (nSPS) is 10.4. The number of amides is 2. The Balaban J connectivity index is 2.67. The third kappa shape index (κ3) is 6.45. The van der Waals surface area contributed by atoms with Gasteiger partial charge in [-0.15, -0.1) is 0 Å². The van der Waals surface area contributed by atoms with Crippen LogP contribution in [0.1, 0.15) is 13.3 Å². The fourth-order valence-corrected chi connectivity index (χ4v) is 2.19. The third-order valence-electron chi connectivity index (χ3n) is 3.50. The molecule has 1 N–H and O–H groups in total. The lowest BCUT2D eigenvalue weighted by molar-refractivity contribution is -0.132. The summed E-state index contributed by atoms with van der Waals surface area (Å²) in [4.78, 5) is 27.5. The van der Waals surface area contributed by atoms with Gasteiger partial charge in [0.25, 0.3) is 0 Å². The highest BCUT2D eigenvalue weighted by molar-refractivity contribution is 5.95. The summed E-state index contributed by atoms with van der Waals surface area (Å²) < 4.78 is 10.4. The van der Waals surface area contributed by atoms with E-state index in [0.29, 0.717) is 23.7 Å². The van der Waals surface area contributed by atoms with Gasteiger partial charge >= 0.3 is 0 Å². The summed E-state index contributed by atoms with van der Waals surface area (Å²) in [7, 11) is 7.03. The quantitative estimate of drug-likeness (QED) is 0.738. The first-order valence-electron chi connectivity index (χ1n) is 7.79. The van der Waals surface area contributed by atoms with Crippen molar-refractivity contribution in [3.63, 3.8) is 0 Å². The summed E-state index contributed by atoms with van der Waals surface area (Å²) >= 11 is 0. The zero-order valence-corrected chi connectivity index (χ0v) is 15.1. The van der Waals surface area contributed by atoms with Gasteiger partial charge in [0.15, 0.2) is 0 Å². The summed E-state index contributed by atoms with van der Waals surface area (Å²) in [5, 5.41) is 2.77. The number of nitrogens with zero attached hydrogens (tertiary/aromatic N) is 2. The maximum Gasteiger partial charge on any atom is 0.244 e. The van der Waals surface area contributed by atoms with E-state index in [9.17, 15) is 9.59 Å². The molecule has 0 heterocycles. The van der Waals surface area contributed by atoms with Gasteiger partial charge < -0.3 is 24.6 Å². The first-order valence-corrected chi connectivity index (χ1v) is 7.79. The number of benzene rings is 1. The van der Waals surface area contributed by atoms with Crippen LogP contribution < -0.4 is 14.8 Å². The number of carbonyl (C=O) groups is 2. The van der Waals surface area contributed by atoms with Gasteiger partial charge in [-0.3, -0.25) is 9.59 Å². The Kier molecular flexibility index (Phi) is 8.05. The van der Waals surface area contributed by atoms with E-state index in [4.69, 9.17) is 9.47 Å². The summed E-state index contributed by atoms with van der Waals surface area (Å²) in [5.74, 6) is 0.757. The number of methoxy groups -OCH3 is 2. The van der Waals surface area contributed by atoms with E-state index in [1.54, 1.807) is 25.3 Å². The summed E-state index contributed by atoms with van der Waals surface area (Å²) in [6, 6.07) is 5.13. The SMILES string of the molecule is COc1ccc(NC(=O)CN(CCCN(C)C)C(C)=O)c(OC)c1. The molecule has 1 aromatic carbocycles. The molecular formula is C17H27N3O4. The van der Waals surface area contributed by atoms with Crippen molar-refractivity contribution in [2.75, 3.05) is 53.3 Å². The van der Waals surface area contributed by atoms with Gasteiger partial charge in [-0.1, -0.05) is 0 Å². The van der Waals surface area contributed by atoms with Crippen LogP contribution in [0.2, 0.25) is 0 Å². The molecule has 0 saturated heterocycles. The van der Waals surface area contributed by atoms with E-state index in [2.05, 4.69) is 5.32 Å². The Morgan fingerprint density at radius 3 is 2.38 bits per heavy atom. The first kappa shape index (κ1) is 19.8. The molecule has 0 unspecified atom stereocenters. The van der Waals surface area contributed by atoms with Crippen LogP contribution in [-0.2, 0) is 9.59 Å². The van der Waals surface area contributed by atoms with Gasteiger partial charge in [-0.05, 0) is 39.2 Å². The van der Waals surface area contributed by atoms with Crippen LogP contribution >= 0.6 is 0 Å². The van der Waals surface area contributed by atoms with Crippen LogP contribution in [0.25, 0.3) is 0 Å². The van der Waals surface area contributed by atoms with Crippen LogP contribution in [-0.4, -0.2) is 69.6 Å². The molecule has 7 heteroatoms. The van der Waals surface area contributed by atoms with E-state index in [-0.39, 0.29) is 18.4 Å². The molecule has 24 heavy (non-hydrogen) atoms. The van der Waals surface area contributed by atoms with Crippen LogP contribution in [0, 0.1) is 0 Å². The van der Waals surface area contributed by atoms with Crippen LogP contribution in [0.15, 0.2) is 18.2 Å². The van der Waals surface area contributed by atoms with Crippen molar-refractivity contribution < 1.29 is 19.1 Å². The van der Waals surface area contributed by atoms with Crippen molar-refractivity contribution in [1.82, 2.24) is 9.80 Å². The fraction of sp³-hybridized carbons (Fsp3) is 0.529. The number of ether oxygens (including phenoxy) is 2. The molecule has 1 rings (SSSR count). The predicted molar refractivity (Wildman–Crippen MR) is 93.6 cm³/mol. The van der Waals surface area contributed by atoms with Gasteiger partial charge in [-0.25, -0.2) is 0 Å². The van der Waals surface area contributed by atoms with Crippen molar-refractivity contribution in [2.24, 2.45) is 0 Å². The van der Waals surface area contributed by atoms with Crippen LogP contribution in [0.5, 0.6) is 11.5 Å². The van der Waals surface area contributed by atoms with Gasteiger partial charge in [0.1, 0.15) is 11.5 Å². The minimum atomic E-state index is -0.265. The highest BCUT2D eigenvalue weighted by Crippen LogP contribution is 2.28. The van der Waals surface area contributed by atoms with Gasteiger partial charge in [0, 0.05) is 19.5 Å². The van der Waals surface area contributed by atoms with E-state index in [1.807, 2.05) is 19.0 Å². The Morgan fingerprint density at radius 1 is 1.12 bits per heavy atom. The molecule has 0 fully saturated rings. The molecule has 0 aliphatic heterocycles. The molecular weight excluding hydrogens is 310 g/mol. The maximum atomic E-state index is 12.2. The van der Waals surface area contributed by atoms with Gasteiger partial charge in [0.05, 0.1) is 26.5 Å². The molecule has 0 aliphatic carbocycles. The van der Waals surface area contributed by atoms with Crippen LogP contribution in [0.3, 0.4) is 0 Å². The molecule has 0 saturated carbocycles. The van der Waals surface area contributed by atoms with E-state index in [1.165, 1.54) is 18.9 Å². The molecule has 0 aromatic heterocycles. The van der Waals surface area contributed by atoms with Crippen molar-refractivity contribution >= 4 is 17.5 Å². The Labute approximate surface area is 143 Å². The molecule has 134 valence electrons. The lowest BCUT2D eigenvalue weighted by atomic mass is 10.2. The molecule has 0 bridgehead atoms. The number of rotatable bonds is 9. The average Bonchev–Trinajstić information content (AvgIpc) is 2.53. The van der Waals surface area contributed by atoms with Crippen LogP contribution in [0.4, 0.5) is 5.69 Å². The number of hydrogen-bond donors (Lipinski definition) is 1. The number of anilines is 1. The molecule has 2 amide bonds. The molecule has 0 spiro atoms. The van der Waals surface area contributed by atoms with Crippen molar-refractivity contribution in [3.05, 3.63) is 18.2 Å². The smallest absolute Gasteiger partial charge is 0.244 e. The minimum absolute atomic E-state index is 0.0119. The highest BCUT2D eigenvalue weighted by atomic mass is 16.5. The number of carbonyl (C=O) groups excluding carboxylic acids is 2. The summed E-state index contributed by atoms with van der Waals surface area (Å²) in [5.41, 5.74) is 0.542. The second-order valence-corrected chi connectivity index (χ2v) is 5.71. The van der Waals surface area contributed by atoms with Gasteiger partial charge in [-0.2, -0.15) is 0 Å². The standard InChI is InChI=1S/C17H27N3O4/c1-13(21)20(10-6-9-19(2)3)12-17(22)18-15-8-7-14(23-4)11-16(15)24-5/h7-8,11H,6,9-10,12H2,1-5H3,(H,18,22). The molecule has 0 atom stereocenters. The largest absolute Gasteiger partial charge is 0.497 e. The van der Waals surface area contributed by atoms with E-state index in [0.717, 1.165) is 13.0 Å². The van der Waals surface area contributed by atoms with Crippen molar-refractivity contribution in [1.29, 1.82) is 0 Å². The minimum Gasteiger partial charge on any atom is -0.497 e. The summed E-state index contributed by atoms with van der Waals surface area (Å²) in [6.45, 7) is 2.88. The van der Waals surface area contributed by atoms with E-state index >= 15 is 0 Å². The Morgan fingerprint density at radius 2 is 1.83 bits per heavy atom. The lowest BCUT2D eigenvalue weighted by Gasteiger charge is -2.22. The zero-order valence-electron chi connectivity index (χ0n) is 15.1. The lowest BCUT2D eigenvalue weighted by Crippen LogP contribution is -2.38. The van der Waals surface area contributed by atoms with Crippen molar-refractivity contribution in [3.8, 4) is 11.5 Å². The predicted octanol–water partition coefficient (Wildman–Crippen LogP) is 1.44. The second-order valence-electron chi connectivity index (χ2n) is 5.71. The van der Waals surface area contributed by atoms with Gasteiger partial charge in [0.2, 0.25) is 11.8 Å². The van der Waals surface area contributed by atoms with E-state index < -0.39 is 0 Å². The molecule has 0 aliphatic rings. The highest BCUT2D eigenvalue weighted by Gasteiger charge is 2.15. The topological polar surface area (TPSA) is 71.1 Å². The molecule has 1 aromatic rings. The zero-order chi connectivity index (χ0) is 18.1. The fourth-order valence-electron chi connectivity index (χ4n) is 2.19. The monoisotopic (exact) mass is 337 g/mol. The third-order valence-corrected chi connectivity index (χ3v) is 3.50. The molecule has 0 radical (unpaired) electrons. The maximum absolute atomic E-state index is 12.2. The Bertz CT molecular complexity index is 561. The number of nitrogens with one attached hydrogen (secondary N) is 1. The second kappa shape index (κ2) is 9.77. The average molecular weight is 337 g/mol. The number of hydrogen-bond acceptors (Lipinski definition) is 5. The Hall–Kier alpha value is -2.28. The van der Waals surface area contributed by atoms with Crippen molar-refractivity contribution in [2.45, 2.75) is 13.3 Å². The first-order chi connectivity index (χ1) is 11.4. The molecule has 7 nitrogen and oxygen atoms in total.